The molecule has 0 unspecified atom stereocenters. The molecule has 0 aliphatic heterocycles. The molecule has 0 bridgehead atoms. The summed E-state index contributed by atoms with van der Waals surface area (Å²) in [6.45, 7) is 2.37. The Hall–Kier alpha value is -3.06. The first kappa shape index (κ1) is 18.3. The molecule has 1 atom stereocenters. The second-order valence-corrected chi connectivity index (χ2v) is 7.86. The maximum Gasteiger partial charge on any atom is 0.257 e. The van der Waals surface area contributed by atoms with Gasteiger partial charge in [0.25, 0.3) is 5.91 Å². The number of fused-ring (bicyclic) bond motifs is 1. The Bertz CT molecular complexity index is 999. The van der Waals surface area contributed by atoms with Crippen LogP contribution in [0, 0.1) is 6.92 Å². The molecule has 0 spiro atoms. The summed E-state index contributed by atoms with van der Waals surface area (Å²) in [4.78, 5) is 34.8. The van der Waals surface area contributed by atoms with E-state index in [1.165, 1.54) is 11.3 Å². The van der Waals surface area contributed by atoms with Crippen molar-refractivity contribution in [1.82, 2.24) is 15.3 Å². The van der Waals surface area contributed by atoms with Gasteiger partial charge in [-0.3, -0.25) is 19.9 Å². The molecule has 0 fully saturated rings. The predicted octanol–water partition coefficient (Wildman–Crippen LogP) is 3.45. The van der Waals surface area contributed by atoms with Gasteiger partial charge >= 0.3 is 0 Å². The molecule has 4 rings (SSSR count). The molecular formula is C21H20N4O2S. The van der Waals surface area contributed by atoms with E-state index >= 15 is 0 Å². The number of benzene rings is 1. The second-order valence-electron chi connectivity index (χ2n) is 6.78. The highest BCUT2D eigenvalue weighted by Crippen LogP contribution is 2.38. The van der Waals surface area contributed by atoms with Crippen molar-refractivity contribution in [2.75, 3.05) is 5.32 Å². The number of pyridine rings is 1. The fourth-order valence-electron chi connectivity index (χ4n) is 3.21. The number of rotatable bonds is 5. The lowest BCUT2D eigenvalue weighted by molar-refractivity contribution is -0.122. The summed E-state index contributed by atoms with van der Waals surface area (Å²) in [5, 5.41) is 6.33. The zero-order valence-electron chi connectivity index (χ0n) is 15.4. The van der Waals surface area contributed by atoms with Crippen molar-refractivity contribution >= 4 is 28.3 Å². The third-order valence-electron chi connectivity index (χ3n) is 4.74. The number of nitrogens with zero attached hydrogens (tertiary/aromatic N) is 2. The van der Waals surface area contributed by atoms with Crippen LogP contribution in [0.2, 0.25) is 0 Å². The average Bonchev–Trinajstić information content (AvgIpc) is 3.27. The molecule has 6 nitrogen and oxygen atoms in total. The van der Waals surface area contributed by atoms with E-state index in [0.717, 1.165) is 34.7 Å². The minimum absolute atomic E-state index is 0.0499. The van der Waals surface area contributed by atoms with E-state index in [1.54, 1.807) is 18.3 Å². The van der Waals surface area contributed by atoms with Crippen molar-refractivity contribution in [2.24, 2.45) is 0 Å². The van der Waals surface area contributed by atoms with Crippen LogP contribution >= 0.6 is 11.3 Å². The first-order chi connectivity index (χ1) is 13.6. The van der Waals surface area contributed by atoms with Crippen molar-refractivity contribution in [1.29, 1.82) is 0 Å². The van der Waals surface area contributed by atoms with Crippen LogP contribution in [0.25, 0.3) is 0 Å². The Morgan fingerprint density at radius 1 is 1.18 bits per heavy atom. The van der Waals surface area contributed by atoms with E-state index in [2.05, 4.69) is 20.6 Å². The van der Waals surface area contributed by atoms with Crippen LogP contribution < -0.4 is 10.6 Å². The first-order valence-corrected chi connectivity index (χ1v) is 9.97. The molecule has 0 saturated carbocycles. The van der Waals surface area contributed by atoms with E-state index in [9.17, 15) is 9.59 Å². The second kappa shape index (κ2) is 7.90. The smallest absolute Gasteiger partial charge is 0.257 e. The molecule has 7 heteroatoms. The summed E-state index contributed by atoms with van der Waals surface area (Å²) in [7, 11) is 0. The molecule has 2 heterocycles. The number of hydrogen-bond donors (Lipinski definition) is 2. The Labute approximate surface area is 167 Å². The van der Waals surface area contributed by atoms with E-state index in [4.69, 9.17) is 0 Å². The standard InChI is InChI=1S/C21H20N4O2S/c1-13-5-7-14(8-6-13)19(26)25-21-24-18-16(9-10-17(18)28-21)20(27)23-12-15-4-2-3-11-22-15/h2-8,11,16H,9-10,12H2,1H3,(H,23,27)(H,24,25,26)/t16-/m0/s1. The van der Waals surface area contributed by atoms with Crippen LogP contribution in [-0.2, 0) is 17.8 Å². The van der Waals surface area contributed by atoms with Gasteiger partial charge in [-0.15, -0.1) is 11.3 Å². The molecule has 1 aliphatic carbocycles. The number of carbonyl (C=O) groups is 2. The number of aromatic nitrogens is 2. The number of thiazole rings is 1. The third-order valence-corrected chi connectivity index (χ3v) is 5.78. The Balaban J connectivity index is 1.41. The van der Waals surface area contributed by atoms with Crippen molar-refractivity contribution in [3.8, 4) is 0 Å². The molecule has 2 aromatic heterocycles. The molecule has 142 valence electrons. The van der Waals surface area contributed by atoms with Crippen molar-refractivity contribution in [3.05, 3.63) is 76.1 Å². The zero-order valence-corrected chi connectivity index (χ0v) is 16.3. The van der Waals surface area contributed by atoms with Gasteiger partial charge in [-0.05, 0) is 44.0 Å². The van der Waals surface area contributed by atoms with Crippen LogP contribution in [-0.4, -0.2) is 21.8 Å². The Morgan fingerprint density at radius 2 is 2.00 bits per heavy atom. The van der Waals surface area contributed by atoms with E-state index in [0.29, 0.717) is 17.2 Å². The largest absolute Gasteiger partial charge is 0.350 e. The van der Waals surface area contributed by atoms with Crippen LogP contribution in [0.5, 0.6) is 0 Å². The quantitative estimate of drug-likeness (QED) is 0.697. The molecule has 3 aromatic rings. The normalized spacial score (nSPS) is 15.1. The summed E-state index contributed by atoms with van der Waals surface area (Å²) in [6, 6.07) is 13.0. The Morgan fingerprint density at radius 3 is 2.75 bits per heavy atom. The van der Waals surface area contributed by atoms with Gasteiger partial charge in [-0.1, -0.05) is 23.8 Å². The molecular weight excluding hydrogens is 372 g/mol. The SMILES string of the molecule is Cc1ccc(C(=O)Nc2nc3c(s2)CC[C@@H]3C(=O)NCc2ccccn2)cc1. The molecule has 2 amide bonds. The summed E-state index contributed by atoms with van der Waals surface area (Å²) >= 11 is 1.45. The summed E-state index contributed by atoms with van der Waals surface area (Å²) < 4.78 is 0. The fourth-order valence-corrected chi connectivity index (χ4v) is 4.25. The highest BCUT2D eigenvalue weighted by molar-refractivity contribution is 7.16. The van der Waals surface area contributed by atoms with Gasteiger partial charge in [0, 0.05) is 16.6 Å². The van der Waals surface area contributed by atoms with Gasteiger partial charge in [-0.25, -0.2) is 4.98 Å². The molecule has 0 radical (unpaired) electrons. The lowest BCUT2D eigenvalue weighted by Crippen LogP contribution is -2.28. The number of aryl methyl sites for hydroxylation is 2. The van der Waals surface area contributed by atoms with Gasteiger partial charge in [0.15, 0.2) is 5.13 Å². The summed E-state index contributed by atoms with van der Waals surface area (Å²) in [5.41, 5.74) is 3.29. The van der Waals surface area contributed by atoms with Crippen molar-refractivity contribution < 1.29 is 9.59 Å². The number of carbonyl (C=O) groups excluding carboxylic acids is 2. The molecule has 1 aliphatic rings. The van der Waals surface area contributed by atoms with Gasteiger partial charge < -0.3 is 5.32 Å². The number of hydrogen-bond acceptors (Lipinski definition) is 5. The van der Waals surface area contributed by atoms with Gasteiger partial charge in [0.1, 0.15) is 0 Å². The van der Waals surface area contributed by atoms with Crippen LogP contribution in [0.3, 0.4) is 0 Å². The highest BCUT2D eigenvalue weighted by Gasteiger charge is 2.32. The topological polar surface area (TPSA) is 84.0 Å². The third kappa shape index (κ3) is 3.94. The minimum atomic E-state index is -0.278. The van der Waals surface area contributed by atoms with Crippen LogP contribution in [0.4, 0.5) is 5.13 Å². The van der Waals surface area contributed by atoms with Crippen molar-refractivity contribution in [3.63, 3.8) is 0 Å². The summed E-state index contributed by atoms with van der Waals surface area (Å²) in [6.07, 6.45) is 3.25. The monoisotopic (exact) mass is 392 g/mol. The predicted molar refractivity (Wildman–Crippen MR) is 108 cm³/mol. The maximum absolute atomic E-state index is 12.6. The van der Waals surface area contributed by atoms with Gasteiger partial charge in [-0.2, -0.15) is 0 Å². The van der Waals surface area contributed by atoms with E-state index in [-0.39, 0.29) is 17.7 Å². The number of nitrogens with one attached hydrogen (secondary N) is 2. The maximum atomic E-state index is 12.6. The lowest BCUT2D eigenvalue weighted by Gasteiger charge is -2.10. The summed E-state index contributed by atoms with van der Waals surface area (Å²) in [5.74, 6) is -0.519. The van der Waals surface area contributed by atoms with Gasteiger partial charge in [0.05, 0.1) is 23.9 Å². The van der Waals surface area contributed by atoms with Crippen molar-refractivity contribution in [2.45, 2.75) is 32.2 Å². The molecule has 1 aromatic carbocycles. The van der Waals surface area contributed by atoms with E-state index in [1.807, 2.05) is 37.3 Å². The number of amides is 2. The lowest BCUT2D eigenvalue weighted by atomic mass is 10.1. The zero-order chi connectivity index (χ0) is 19.5. The molecule has 2 N–H and O–H groups in total. The minimum Gasteiger partial charge on any atom is -0.350 e. The highest BCUT2D eigenvalue weighted by atomic mass is 32.1. The van der Waals surface area contributed by atoms with E-state index < -0.39 is 0 Å². The van der Waals surface area contributed by atoms with Crippen LogP contribution in [0.1, 0.15) is 44.5 Å². The molecule has 28 heavy (non-hydrogen) atoms. The average molecular weight is 392 g/mol. The van der Waals surface area contributed by atoms with Crippen LogP contribution in [0.15, 0.2) is 48.7 Å². The van der Waals surface area contributed by atoms with Gasteiger partial charge in [0.2, 0.25) is 5.91 Å². The molecule has 0 saturated heterocycles. The fraction of sp³-hybridized carbons (Fsp3) is 0.238. The number of anilines is 1. The first-order valence-electron chi connectivity index (χ1n) is 9.15. The Kier molecular flexibility index (Phi) is 5.16.